The van der Waals surface area contributed by atoms with Crippen LogP contribution in [0.15, 0.2) is 65.7 Å². The summed E-state index contributed by atoms with van der Waals surface area (Å²) in [5.41, 5.74) is 5.14. The summed E-state index contributed by atoms with van der Waals surface area (Å²) in [5.74, 6) is -1.04. The van der Waals surface area contributed by atoms with Crippen molar-refractivity contribution in [2.75, 3.05) is 11.9 Å². The maximum absolute atomic E-state index is 13.0. The van der Waals surface area contributed by atoms with Gasteiger partial charge in [0.1, 0.15) is 12.1 Å². The summed E-state index contributed by atoms with van der Waals surface area (Å²) in [6.07, 6.45) is 3.25. The van der Waals surface area contributed by atoms with Gasteiger partial charge in [-0.15, -0.1) is 5.10 Å². The number of ether oxygens (including phenoxy) is 1. The lowest BCUT2D eigenvalue weighted by Crippen LogP contribution is -2.28. The highest BCUT2D eigenvalue weighted by Crippen LogP contribution is 2.23. The summed E-state index contributed by atoms with van der Waals surface area (Å²) in [7, 11) is 0. The van der Waals surface area contributed by atoms with E-state index in [0.717, 1.165) is 21.5 Å². The predicted octanol–water partition coefficient (Wildman–Crippen LogP) is 3.24. The fourth-order valence-corrected chi connectivity index (χ4v) is 3.98. The van der Waals surface area contributed by atoms with Gasteiger partial charge in [-0.3, -0.25) is 4.79 Å². The number of hydrogen-bond acceptors (Lipinski definition) is 6. The first kappa shape index (κ1) is 23.0. The number of aryl methyl sites for hydroxylation is 2. The van der Waals surface area contributed by atoms with Crippen LogP contribution < -0.4 is 11.0 Å². The quantitative estimate of drug-likeness (QED) is 0.370. The van der Waals surface area contributed by atoms with Crippen molar-refractivity contribution >= 4 is 28.7 Å². The van der Waals surface area contributed by atoms with E-state index in [9.17, 15) is 14.4 Å². The fourth-order valence-electron chi connectivity index (χ4n) is 3.98. The van der Waals surface area contributed by atoms with E-state index in [1.54, 1.807) is 48.1 Å². The van der Waals surface area contributed by atoms with E-state index < -0.39 is 17.6 Å². The van der Waals surface area contributed by atoms with Gasteiger partial charge >= 0.3 is 11.7 Å². The molecule has 0 bridgehead atoms. The van der Waals surface area contributed by atoms with Gasteiger partial charge in [0, 0.05) is 18.0 Å². The SMILES string of the molecule is CCOC(=O)c1ccccc1NC(=O)Cn1nc2c3cc(-c4ccc(C)c(C)c4)nn3ccn2c1=O. The molecule has 0 aliphatic rings. The summed E-state index contributed by atoms with van der Waals surface area (Å²) >= 11 is 0. The van der Waals surface area contributed by atoms with Gasteiger partial charge in [-0.1, -0.05) is 24.3 Å². The van der Waals surface area contributed by atoms with Gasteiger partial charge in [0.25, 0.3) is 0 Å². The molecule has 182 valence electrons. The summed E-state index contributed by atoms with van der Waals surface area (Å²) in [6, 6.07) is 14.5. The van der Waals surface area contributed by atoms with Gasteiger partial charge in [-0.25, -0.2) is 23.2 Å². The Morgan fingerprint density at radius 3 is 2.58 bits per heavy atom. The topological polar surface area (TPSA) is 112 Å². The third-order valence-electron chi connectivity index (χ3n) is 5.98. The average molecular weight is 485 g/mol. The molecule has 5 aromatic rings. The minimum Gasteiger partial charge on any atom is -0.462 e. The molecule has 3 aromatic heterocycles. The van der Waals surface area contributed by atoms with Crippen LogP contribution in [0.2, 0.25) is 0 Å². The number of para-hydroxylation sites is 1. The van der Waals surface area contributed by atoms with E-state index in [1.807, 2.05) is 25.1 Å². The number of anilines is 1. The number of carbonyl (C=O) groups is 2. The summed E-state index contributed by atoms with van der Waals surface area (Å²) in [6.45, 7) is 5.69. The number of hydrogen-bond donors (Lipinski definition) is 1. The molecule has 0 unspecified atom stereocenters. The minimum absolute atomic E-state index is 0.214. The van der Waals surface area contributed by atoms with Crippen molar-refractivity contribution in [2.45, 2.75) is 27.3 Å². The van der Waals surface area contributed by atoms with Crippen molar-refractivity contribution in [3.63, 3.8) is 0 Å². The Kier molecular flexibility index (Phi) is 5.85. The zero-order valence-electron chi connectivity index (χ0n) is 20.1. The number of fused-ring (bicyclic) bond motifs is 3. The van der Waals surface area contributed by atoms with Crippen molar-refractivity contribution in [1.29, 1.82) is 0 Å². The predicted molar refractivity (Wildman–Crippen MR) is 134 cm³/mol. The highest BCUT2D eigenvalue weighted by atomic mass is 16.5. The number of benzene rings is 2. The molecule has 36 heavy (non-hydrogen) atoms. The number of amides is 1. The monoisotopic (exact) mass is 484 g/mol. The Morgan fingerprint density at radius 1 is 1.00 bits per heavy atom. The molecular formula is C26H24N6O4. The average Bonchev–Trinajstić information content (AvgIpc) is 3.43. The molecule has 0 aliphatic heterocycles. The molecule has 2 aromatic carbocycles. The Morgan fingerprint density at radius 2 is 1.81 bits per heavy atom. The van der Waals surface area contributed by atoms with Crippen molar-refractivity contribution in [3.8, 4) is 11.3 Å². The van der Waals surface area contributed by atoms with E-state index in [-0.39, 0.29) is 18.7 Å². The molecule has 0 radical (unpaired) electrons. The molecule has 0 saturated heterocycles. The van der Waals surface area contributed by atoms with Gasteiger partial charge in [0.05, 0.1) is 23.6 Å². The third kappa shape index (κ3) is 4.13. The molecule has 1 amide bonds. The second-order valence-electron chi connectivity index (χ2n) is 8.40. The van der Waals surface area contributed by atoms with Gasteiger partial charge in [0.15, 0.2) is 5.65 Å². The first-order chi connectivity index (χ1) is 17.4. The van der Waals surface area contributed by atoms with E-state index in [2.05, 4.69) is 28.5 Å². The Balaban J connectivity index is 1.45. The van der Waals surface area contributed by atoms with Crippen molar-refractivity contribution < 1.29 is 14.3 Å². The van der Waals surface area contributed by atoms with Crippen LogP contribution in [-0.4, -0.2) is 42.3 Å². The van der Waals surface area contributed by atoms with Crippen molar-refractivity contribution in [2.24, 2.45) is 0 Å². The summed E-state index contributed by atoms with van der Waals surface area (Å²) < 4.78 is 9.16. The van der Waals surface area contributed by atoms with Crippen LogP contribution in [0.1, 0.15) is 28.4 Å². The molecule has 3 heterocycles. The van der Waals surface area contributed by atoms with Crippen LogP contribution in [-0.2, 0) is 16.1 Å². The Labute approximate surface area is 205 Å². The number of nitrogens with zero attached hydrogens (tertiary/aromatic N) is 5. The second kappa shape index (κ2) is 9.14. The molecule has 0 spiro atoms. The molecular weight excluding hydrogens is 460 g/mol. The zero-order valence-corrected chi connectivity index (χ0v) is 20.1. The summed E-state index contributed by atoms with van der Waals surface area (Å²) in [4.78, 5) is 37.9. The van der Waals surface area contributed by atoms with Crippen LogP contribution in [0.3, 0.4) is 0 Å². The molecule has 5 rings (SSSR count). The maximum atomic E-state index is 13.0. The van der Waals surface area contributed by atoms with E-state index >= 15 is 0 Å². The van der Waals surface area contributed by atoms with Crippen molar-refractivity contribution in [1.82, 2.24) is 23.8 Å². The fraction of sp³-hybridized carbons (Fsp3) is 0.192. The highest BCUT2D eigenvalue weighted by molar-refractivity contribution is 6.01. The van der Waals surface area contributed by atoms with Crippen LogP contribution in [0.25, 0.3) is 22.4 Å². The van der Waals surface area contributed by atoms with Crippen LogP contribution >= 0.6 is 0 Å². The van der Waals surface area contributed by atoms with E-state index in [1.165, 1.54) is 9.96 Å². The maximum Gasteiger partial charge on any atom is 0.350 e. The normalized spacial score (nSPS) is 11.2. The molecule has 0 aliphatic carbocycles. The molecule has 10 heteroatoms. The summed E-state index contributed by atoms with van der Waals surface area (Å²) in [5, 5.41) is 11.7. The lowest BCUT2D eigenvalue weighted by atomic mass is 10.0. The Bertz CT molecular complexity index is 1690. The Hall–Kier alpha value is -4.73. The zero-order chi connectivity index (χ0) is 25.4. The molecule has 1 N–H and O–H groups in total. The molecule has 10 nitrogen and oxygen atoms in total. The standard InChI is InChI=1S/C26H24N6O4/c1-4-36-25(34)19-7-5-6-8-20(19)27-23(33)15-32-26(35)30-11-12-31-22(24(30)29-32)14-21(28-31)18-10-9-16(2)17(3)13-18/h5-14H,4,15H2,1-3H3,(H,27,33). The van der Waals surface area contributed by atoms with Gasteiger partial charge in [-0.05, 0) is 56.2 Å². The largest absolute Gasteiger partial charge is 0.462 e. The van der Waals surface area contributed by atoms with E-state index in [0.29, 0.717) is 16.9 Å². The number of aromatic nitrogens is 5. The lowest BCUT2D eigenvalue weighted by molar-refractivity contribution is -0.117. The molecule has 0 fully saturated rings. The first-order valence-electron chi connectivity index (χ1n) is 11.5. The molecule has 0 atom stereocenters. The van der Waals surface area contributed by atoms with Crippen LogP contribution in [0.4, 0.5) is 5.69 Å². The van der Waals surface area contributed by atoms with E-state index in [4.69, 9.17) is 4.74 Å². The lowest BCUT2D eigenvalue weighted by Gasteiger charge is -2.10. The number of nitrogens with one attached hydrogen (secondary N) is 1. The third-order valence-corrected chi connectivity index (χ3v) is 5.98. The number of carbonyl (C=O) groups excluding carboxylic acids is 2. The molecule has 0 saturated carbocycles. The van der Waals surface area contributed by atoms with Crippen LogP contribution in [0.5, 0.6) is 0 Å². The van der Waals surface area contributed by atoms with Gasteiger partial charge in [-0.2, -0.15) is 5.10 Å². The number of rotatable bonds is 6. The van der Waals surface area contributed by atoms with Crippen LogP contribution in [0, 0.1) is 13.8 Å². The number of esters is 1. The van der Waals surface area contributed by atoms with Crippen molar-refractivity contribution in [3.05, 3.63) is 88.1 Å². The highest BCUT2D eigenvalue weighted by Gasteiger charge is 2.18. The smallest absolute Gasteiger partial charge is 0.350 e. The van der Waals surface area contributed by atoms with Gasteiger partial charge < -0.3 is 10.1 Å². The minimum atomic E-state index is -0.541. The first-order valence-corrected chi connectivity index (χ1v) is 11.5. The van der Waals surface area contributed by atoms with Gasteiger partial charge in [0.2, 0.25) is 5.91 Å². The second-order valence-corrected chi connectivity index (χ2v) is 8.40.